The summed E-state index contributed by atoms with van der Waals surface area (Å²) in [4.78, 5) is 12.8. The number of carbonyl (C=O) groups is 1. The number of H-pyrrole nitrogens is 1. The Bertz CT molecular complexity index is 1140. The molecule has 1 N–H and O–H groups in total. The van der Waals surface area contributed by atoms with Gasteiger partial charge in [0, 0.05) is 18.3 Å². The number of aromatic amines is 1. The van der Waals surface area contributed by atoms with Crippen molar-refractivity contribution in [2.75, 3.05) is 0 Å². The SMILES string of the molecule is Cc1ccc(C(=O)c2cccn2CC=Cc2ccc(COCc3nn[nH]n3)cc2)cc1. The van der Waals surface area contributed by atoms with Crippen LogP contribution in [-0.4, -0.2) is 31.0 Å². The summed E-state index contributed by atoms with van der Waals surface area (Å²) in [6, 6.07) is 19.6. The van der Waals surface area contributed by atoms with Gasteiger partial charge in [-0.05, 0) is 30.2 Å². The maximum absolute atomic E-state index is 12.8. The van der Waals surface area contributed by atoms with E-state index in [0.29, 0.717) is 36.8 Å². The van der Waals surface area contributed by atoms with Crippen molar-refractivity contribution in [3.8, 4) is 0 Å². The molecule has 156 valence electrons. The van der Waals surface area contributed by atoms with Gasteiger partial charge in [0.2, 0.25) is 5.78 Å². The summed E-state index contributed by atoms with van der Waals surface area (Å²) in [5.41, 5.74) is 4.67. The predicted octanol–water partition coefficient (Wildman–Crippen LogP) is 3.97. The van der Waals surface area contributed by atoms with E-state index in [2.05, 4.69) is 20.6 Å². The normalized spacial score (nSPS) is 11.3. The number of carbonyl (C=O) groups excluding carboxylic acids is 1. The molecule has 0 amide bonds. The molecule has 7 nitrogen and oxygen atoms in total. The Morgan fingerprint density at radius 2 is 1.87 bits per heavy atom. The third-order valence-corrected chi connectivity index (χ3v) is 4.86. The maximum Gasteiger partial charge on any atom is 0.209 e. The minimum Gasteiger partial charge on any atom is -0.369 e. The highest BCUT2D eigenvalue weighted by Crippen LogP contribution is 2.13. The average molecular weight is 413 g/mol. The Hall–Kier alpha value is -3.84. The summed E-state index contributed by atoms with van der Waals surface area (Å²) in [5, 5.41) is 13.6. The predicted molar refractivity (Wildman–Crippen MR) is 117 cm³/mol. The lowest BCUT2D eigenvalue weighted by Gasteiger charge is -2.06. The summed E-state index contributed by atoms with van der Waals surface area (Å²) in [7, 11) is 0. The first kappa shape index (κ1) is 20.4. The topological polar surface area (TPSA) is 85.7 Å². The molecular formula is C24H23N5O2. The number of nitrogens with one attached hydrogen (secondary N) is 1. The number of aromatic nitrogens is 5. The second-order valence-electron chi connectivity index (χ2n) is 7.21. The number of hydrogen-bond donors (Lipinski definition) is 1. The highest BCUT2D eigenvalue weighted by molar-refractivity contribution is 6.08. The summed E-state index contributed by atoms with van der Waals surface area (Å²) >= 11 is 0. The van der Waals surface area contributed by atoms with Crippen LogP contribution in [0, 0.1) is 6.92 Å². The molecule has 0 aliphatic rings. The number of allylic oxidation sites excluding steroid dienone is 1. The van der Waals surface area contributed by atoms with Gasteiger partial charge >= 0.3 is 0 Å². The molecule has 4 rings (SSSR count). The summed E-state index contributed by atoms with van der Waals surface area (Å²) in [5.74, 6) is 0.563. The van der Waals surface area contributed by atoms with Gasteiger partial charge in [0.25, 0.3) is 0 Å². The van der Waals surface area contributed by atoms with Crippen molar-refractivity contribution in [2.45, 2.75) is 26.7 Å². The number of ether oxygens (including phenoxy) is 1. The molecule has 2 aromatic heterocycles. The van der Waals surface area contributed by atoms with Crippen LogP contribution in [0.4, 0.5) is 0 Å². The number of aryl methyl sites for hydroxylation is 1. The van der Waals surface area contributed by atoms with Gasteiger partial charge in [-0.1, -0.05) is 71.5 Å². The fourth-order valence-corrected chi connectivity index (χ4v) is 3.16. The third-order valence-electron chi connectivity index (χ3n) is 4.86. The van der Waals surface area contributed by atoms with Crippen molar-refractivity contribution in [3.05, 3.63) is 107 Å². The summed E-state index contributed by atoms with van der Waals surface area (Å²) < 4.78 is 7.53. The molecule has 4 aromatic rings. The summed E-state index contributed by atoms with van der Waals surface area (Å²) in [6.45, 7) is 3.43. The first-order valence-corrected chi connectivity index (χ1v) is 10.0. The molecule has 0 spiro atoms. The largest absolute Gasteiger partial charge is 0.369 e. The van der Waals surface area contributed by atoms with E-state index in [0.717, 1.165) is 16.7 Å². The standard InChI is InChI=1S/C24H23N5O2/c1-18-6-12-21(13-7-18)24(30)22-5-3-15-29(22)14-2-4-19-8-10-20(11-9-19)16-31-17-23-25-27-28-26-23/h2-13,15H,14,16-17H2,1H3,(H,25,26,27,28). The van der Waals surface area contributed by atoms with E-state index in [1.807, 2.05) is 90.5 Å². The molecule has 0 fully saturated rings. The lowest BCUT2D eigenvalue weighted by molar-refractivity contribution is 0.102. The molecule has 0 saturated heterocycles. The van der Waals surface area contributed by atoms with Gasteiger partial charge in [-0.25, -0.2) is 0 Å². The quantitative estimate of drug-likeness (QED) is 0.420. The Kier molecular flexibility index (Phi) is 6.44. The van der Waals surface area contributed by atoms with Gasteiger partial charge in [-0.3, -0.25) is 4.79 Å². The van der Waals surface area contributed by atoms with E-state index in [9.17, 15) is 4.79 Å². The molecule has 0 aliphatic heterocycles. The van der Waals surface area contributed by atoms with Crippen LogP contribution in [0.25, 0.3) is 6.08 Å². The van der Waals surface area contributed by atoms with Crippen molar-refractivity contribution in [2.24, 2.45) is 0 Å². The lowest BCUT2D eigenvalue weighted by Crippen LogP contribution is -2.09. The fourth-order valence-electron chi connectivity index (χ4n) is 3.16. The molecule has 0 radical (unpaired) electrons. The first-order chi connectivity index (χ1) is 15.2. The van der Waals surface area contributed by atoms with Gasteiger partial charge in [0.1, 0.15) is 6.61 Å². The minimum absolute atomic E-state index is 0.0311. The van der Waals surface area contributed by atoms with Crippen LogP contribution in [0.5, 0.6) is 0 Å². The number of tetrazole rings is 1. The molecule has 0 unspecified atom stereocenters. The lowest BCUT2D eigenvalue weighted by atomic mass is 10.1. The smallest absolute Gasteiger partial charge is 0.209 e. The van der Waals surface area contributed by atoms with E-state index in [1.165, 1.54) is 0 Å². The molecule has 0 bridgehead atoms. The molecule has 31 heavy (non-hydrogen) atoms. The zero-order chi connectivity index (χ0) is 21.5. The molecule has 2 heterocycles. The van der Waals surface area contributed by atoms with Gasteiger partial charge in [-0.2, -0.15) is 5.21 Å². The van der Waals surface area contributed by atoms with Crippen LogP contribution in [0.1, 0.15) is 38.6 Å². The van der Waals surface area contributed by atoms with E-state index in [4.69, 9.17) is 4.74 Å². The van der Waals surface area contributed by atoms with Crippen molar-refractivity contribution in [1.29, 1.82) is 0 Å². The number of ketones is 1. The number of hydrogen-bond acceptors (Lipinski definition) is 5. The molecule has 2 aromatic carbocycles. The van der Waals surface area contributed by atoms with Gasteiger partial charge in [0.15, 0.2) is 5.82 Å². The summed E-state index contributed by atoms with van der Waals surface area (Å²) in [6.07, 6.45) is 6.02. The Morgan fingerprint density at radius 3 is 2.61 bits per heavy atom. The van der Waals surface area contributed by atoms with E-state index in [1.54, 1.807) is 0 Å². The van der Waals surface area contributed by atoms with E-state index in [-0.39, 0.29) is 5.78 Å². The van der Waals surface area contributed by atoms with Crippen LogP contribution < -0.4 is 0 Å². The van der Waals surface area contributed by atoms with Crippen LogP contribution in [0.15, 0.2) is 72.9 Å². The minimum atomic E-state index is 0.0311. The van der Waals surface area contributed by atoms with Crippen molar-refractivity contribution >= 4 is 11.9 Å². The Morgan fingerprint density at radius 1 is 1.06 bits per heavy atom. The highest BCUT2D eigenvalue weighted by atomic mass is 16.5. The first-order valence-electron chi connectivity index (χ1n) is 10.0. The van der Waals surface area contributed by atoms with Gasteiger partial charge < -0.3 is 9.30 Å². The fraction of sp³-hybridized carbons (Fsp3) is 0.167. The molecule has 0 saturated carbocycles. The molecule has 0 atom stereocenters. The second kappa shape index (κ2) is 9.77. The van der Waals surface area contributed by atoms with Gasteiger partial charge in [-0.15, -0.1) is 10.2 Å². The van der Waals surface area contributed by atoms with Crippen molar-refractivity contribution < 1.29 is 9.53 Å². The number of benzene rings is 2. The maximum atomic E-state index is 12.8. The van der Waals surface area contributed by atoms with Crippen LogP contribution >= 0.6 is 0 Å². The van der Waals surface area contributed by atoms with E-state index < -0.39 is 0 Å². The average Bonchev–Trinajstić information content (AvgIpc) is 3.47. The molecule has 0 aliphatic carbocycles. The number of nitrogens with zero attached hydrogens (tertiary/aromatic N) is 4. The van der Waals surface area contributed by atoms with Crippen LogP contribution in [-0.2, 0) is 24.5 Å². The van der Waals surface area contributed by atoms with Crippen molar-refractivity contribution in [1.82, 2.24) is 25.2 Å². The third kappa shape index (κ3) is 5.40. The highest BCUT2D eigenvalue weighted by Gasteiger charge is 2.12. The van der Waals surface area contributed by atoms with Gasteiger partial charge in [0.05, 0.1) is 12.3 Å². The monoisotopic (exact) mass is 413 g/mol. The zero-order valence-corrected chi connectivity index (χ0v) is 17.2. The number of rotatable bonds is 9. The molecule has 7 heteroatoms. The van der Waals surface area contributed by atoms with Crippen LogP contribution in [0.3, 0.4) is 0 Å². The van der Waals surface area contributed by atoms with Crippen LogP contribution in [0.2, 0.25) is 0 Å². The Balaban J connectivity index is 1.32. The zero-order valence-electron chi connectivity index (χ0n) is 17.2. The Labute approximate surface area is 180 Å². The second-order valence-corrected chi connectivity index (χ2v) is 7.21. The van der Waals surface area contributed by atoms with E-state index >= 15 is 0 Å². The molecular weight excluding hydrogens is 390 g/mol. The van der Waals surface area contributed by atoms with Crippen molar-refractivity contribution in [3.63, 3.8) is 0 Å².